The minimum Gasteiger partial charge on any atom is -0.481 e. The summed E-state index contributed by atoms with van der Waals surface area (Å²) in [6, 6.07) is 0. The van der Waals surface area contributed by atoms with E-state index in [1.165, 1.54) is 0 Å². The van der Waals surface area contributed by atoms with Crippen LogP contribution in [0.3, 0.4) is 0 Å². The molecule has 2 rings (SSSR count). The summed E-state index contributed by atoms with van der Waals surface area (Å²) in [6.07, 6.45) is 3.32. The van der Waals surface area contributed by atoms with E-state index < -0.39 is 5.97 Å². The van der Waals surface area contributed by atoms with E-state index in [4.69, 9.17) is 5.11 Å². The molecule has 14 heavy (non-hydrogen) atoms. The molecule has 2 N–H and O–H groups in total. The van der Waals surface area contributed by atoms with Crippen LogP contribution >= 0.6 is 0 Å². The van der Waals surface area contributed by atoms with Gasteiger partial charge in [0.1, 0.15) is 0 Å². The highest BCUT2D eigenvalue weighted by Gasteiger charge is 2.56. The van der Waals surface area contributed by atoms with Gasteiger partial charge in [-0.25, -0.2) is 0 Å². The molecule has 0 atom stereocenters. The van der Waals surface area contributed by atoms with Crippen molar-refractivity contribution < 1.29 is 14.7 Å². The molecule has 0 aromatic rings. The number of rotatable bonds is 2. The number of nitrogens with one attached hydrogen (secondary N) is 1. The highest BCUT2D eigenvalue weighted by Crippen LogP contribution is 2.61. The smallest absolute Gasteiger partial charge is 0.306 e. The van der Waals surface area contributed by atoms with E-state index in [9.17, 15) is 9.59 Å². The first-order valence-electron chi connectivity index (χ1n) is 5.01. The Balaban J connectivity index is 1.79. The summed E-state index contributed by atoms with van der Waals surface area (Å²) in [7, 11) is 1.65. The lowest BCUT2D eigenvalue weighted by molar-refractivity contribution is -0.160. The van der Waals surface area contributed by atoms with Gasteiger partial charge in [-0.3, -0.25) is 9.59 Å². The molecular weight excluding hydrogens is 182 g/mol. The third kappa shape index (κ3) is 1.29. The third-order valence-electron chi connectivity index (χ3n) is 3.68. The fourth-order valence-electron chi connectivity index (χ4n) is 2.87. The van der Waals surface area contributed by atoms with Crippen LogP contribution in [0.2, 0.25) is 0 Å². The second kappa shape index (κ2) is 2.97. The van der Waals surface area contributed by atoms with Crippen molar-refractivity contribution >= 4 is 11.9 Å². The summed E-state index contributed by atoms with van der Waals surface area (Å²) in [5.74, 6) is -0.594. The number of carbonyl (C=O) groups is 2. The Labute approximate surface area is 82.7 Å². The fourth-order valence-corrected chi connectivity index (χ4v) is 2.87. The van der Waals surface area contributed by atoms with E-state index in [0.717, 1.165) is 25.7 Å². The van der Waals surface area contributed by atoms with Crippen molar-refractivity contribution in [3.63, 3.8) is 0 Å². The lowest BCUT2D eigenvalue weighted by Gasteiger charge is -2.56. The molecule has 2 aliphatic rings. The lowest BCUT2D eigenvalue weighted by atomic mass is 9.48. The zero-order valence-electron chi connectivity index (χ0n) is 8.25. The van der Waals surface area contributed by atoms with Gasteiger partial charge in [0.25, 0.3) is 0 Å². The van der Waals surface area contributed by atoms with Gasteiger partial charge < -0.3 is 10.4 Å². The molecule has 0 radical (unpaired) electrons. The molecule has 0 saturated heterocycles. The highest BCUT2D eigenvalue weighted by atomic mass is 16.4. The maximum absolute atomic E-state index is 11.2. The molecule has 0 heterocycles. The van der Waals surface area contributed by atoms with Crippen molar-refractivity contribution in [1.29, 1.82) is 0 Å². The van der Waals surface area contributed by atoms with Gasteiger partial charge in [0.2, 0.25) is 5.91 Å². The Kier molecular flexibility index (Phi) is 2.01. The van der Waals surface area contributed by atoms with Gasteiger partial charge in [0, 0.05) is 13.0 Å². The molecule has 0 aliphatic heterocycles. The number of amides is 1. The topological polar surface area (TPSA) is 66.4 Å². The monoisotopic (exact) mass is 197 g/mol. The molecular formula is C10H15NO3. The molecule has 0 unspecified atom stereocenters. The number of carbonyl (C=O) groups excluding carboxylic acids is 1. The maximum atomic E-state index is 11.2. The maximum Gasteiger partial charge on any atom is 0.306 e. The third-order valence-corrected chi connectivity index (χ3v) is 3.68. The van der Waals surface area contributed by atoms with Crippen LogP contribution in [-0.4, -0.2) is 24.0 Å². The number of hydrogen-bond acceptors (Lipinski definition) is 2. The minimum absolute atomic E-state index is 0.106. The summed E-state index contributed by atoms with van der Waals surface area (Å²) in [6.45, 7) is 0. The van der Waals surface area contributed by atoms with E-state index in [-0.39, 0.29) is 23.2 Å². The molecule has 0 aromatic heterocycles. The van der Waals surface area contributed by atoms with Crippen LogP contribution in [0.5, 0.6) is 0 Å². The molecule has 1 spiro atoms. The number of carboxylic acid groups (broad SMARTS) is 1. The van der Waals surface area contributed by atoms with Crippen LogP contribution in [-0.2, 0) is 9.59 Å². The molecule has 0 bridgehead atoms. The first-order chi connectivity index (χ1) is 6.56. The molecule has 2 saturated carbocycles. The van der Waals surface area contributed by atoms with Crippen molar-refractivity contribution in [1.82, 2.24) is 5.32 Å². The van der Waals surface area contributed by atoms with E-state index in [1.54, 1.807) is 7.05 Å². The summed E-state index contributed by atoms with van der Waals surface area (Å²) in [4.78, 5) is 21.8. The first-order valence-corrected chi connectivity index (χ1v) is 5.01. The van der Waals surface area contributed by atoms with Crippen molar-refractivity contribution in [2.45, 2.75) is 25.7 Å². The molecule has 2 aliphatic carbocycles. The fraction of sp³-hybridized carbons (Fsp3) is 0.800. The lowest BCUT2D eigenvalue weighted by Crippen LogP contribution is -2.53. The Morgan fingerprint density at radius 3 is 2.14 bits per heavy atom. The Morgan fingerprint density at radius 2 is 1.71 bits per heavy atom. The average Bonchev–Trinajstić information content (AvgIpc) is 1.98. The normalized spacial score (nSPS) is 39.8. The molecule has 4 heteroatoms. The van der Waals surface area contributed by atoms with Gasteiger partial charge in [-0.2, -0.15) is 0 Å². The van der Waals surface area contributed by atoms with Crippen LogP contribution in [0.15, 0.2) is 0 Å². The minimum atomic E-state index is -0.681. The van der Waals surface area contributed by atoms with Crippen molar-refractivity contribution in [2.24, 2.45) is 17.3 Å². The highest BCUT2D eigenvalue weighted by molar-refractivity contribution is 5.80. The summed E-state index contributed by atoms with van der Waals surface area (Å²) in [5.41, 5.74) is 0.209. The average molecular weight is 197 g/mol. The summed E-state index contributed by atoms with van der Waals surface area (Å²) >= 11 is 0. The predicted molar refractivity (Wildman–Crippen MR) is 49.6 cm³/mol. The molecule has 2 fully saturated rings. The quantitative estimate of drug-likeness (QED) is 0.682. The zero-order chi connectivity index (χ0) is 10.3. The van der Waals surface area contributed by atoms with Crippen molar-refractivity contribution in [2.75, 3.05) is 7.05 Å². The Bertz CT molecular complexity index is 273. The predicted octanol–water partition coefficient (Wildman–Crippen LogP) is 0.623. The van der Waals surface area contributed by atoms with Crippen molar-refractivity contribution in [3.8, 4) is 0 Å². The molecule has 4 nitrogen and oxygen atoms in total. The van der Waals surface area contributed by atoms with Gasteiger partial charge in [-0.05, 0) is 31.1 Å². The van der Waals surface area contributed by atoms with Gasteiger partial charge in [-0.1, -0.05) is 0 Å². The summed E-state index contributed by atoms with van der Waals surface area (Å²) in [5, 5.41) is 11.4. The van der Waals surface area contributed by atoms with E-state index in [1.807, 2.05) is 0 Å². The van der Waals surface area contributed by atoms with Crippen LogP contribution in [0, 0.1) is 17.3 Å². The van der Waals surface area contributed by atoms with E-state index in [0.29, 0.717) is 0 Å². The molecule has 1 amide bonds. The summed E-state index contributed by atoms with van der Waals surface area (Å²) < 4.78 is 0. The zero-order valence-corrected chi connectivity index (χ0v) is 8.25. The Morgan fingerprint density at radius 1 is 1.21 bits per heavy atom. The van der Waals surface area contributed by atoms with E-state index >= 15 is 0 Å². The second-order valence-corrected chi connectivity index (χ2v) is 4.66. The first kappa shape index (κ1) is 9.49. The SMILES string of the molecule is CNC(=O)C1CC2(CC(C(=O)O)C2)C1. The van der Waals surface area contributed by atoms with Crippen molar-refractivity contribution in [3.05, 3.63) is 0 Å². The van der Waals surface area contributed by atoms with Gasteiger partial charge in [-0.15, -0.1) is 0 Å². The number of carboxylic acids is 1. The van der Waals surface area contributed by atoms with Gasteiger partial charge in [0.05, 0.1) is 5.92 Å². The Hall–Kier alpha value is -1.06. The molecule has 0 aromatic carbocycles. The standard InChI is InChI=1S/C10H15NO3/c1-11-8(12)6-2-10(3-6)4-7(5-10)9(13)14/h6-7H,2-5H2,1H3,(H,11,12)(H,13,14). The van der Waals surface area contributed by atoms with Gasteiger partial charge >= 0.3 is 5.97 Å². The largest absolute Gasteiger partial charge is 0.481 e. The second-order valence-electron chi connectivity index (χ2n) is 4.66. The number of hydrogen-bond donors (Lipinski definition) is 2. The van der Waals surface area contributed by atoms with Crippen LogP contribution in [0.25, 0.3) is 0 Å². The van der Waals surface area contributed by atoms with E-state index in [2.05, 4.69) is 5.32 Å². The number of aliphatic carboxylic acids is 1. The molecule has 78 valence electrons. The van der Waals surface area contributed by atoms with Crippen LogP contribution < -0.4 is 5.32 Å². The van der Waals surface area contributed by atoms with Crippen LogP contribution in [0.1, 0.15) is 25.7 Å². The van der Waals surface area contributed by atoms with Crippen LogP contribution in [0.4, 0.5) is 0 Å². The van der Waals surface area contributed by atoms with Gasteiger partial charge in [0.15, 0.2) is 0 Å².